The zero-order chi connectivity index (χ0) is 23.0. The van der Waals surface area contributed by atoms with Crippen molar-refractivity contribution in [1.29, 1.82) is 0 Å². The van der Waals surface area contributed by atoms with E-state index in [1.165, 1.54) is 0 Å². The van der Waals surface area contributed by atoms with E-state index in [1.807, 2.05) is 54.6 Å². The molecule has 0 saturated heterocycles. The Kier molecular flexibility index (Phi) is 5.59. The van der Waals surface area contributed by atoms with Gasteiger partial charge in [0.05, 0.1) is 11.7 Å². The number of aliphatic hydroxyl groups is 1. The van der Waals surface area contributed by atoms with Crippen molar-refractivity contribution in [3.63, 3.8) is 0 Å². The number of alkyl halides is 3. The first-order valence-electron chi connectivity index (χ1n) is 10.4. The summed E-state index contributed by atoms with van der Waals surface area (Å²) in [4.78, 5) is 6.94. The molecule has 2 aromatic carbocycles. The number of aromatic nitrogens is 2. The van der Waals surface area contributed by atoms with Crippen LogP contribution >= 0.6 is 0 Å². The largest absolute Gasteiger partial charge is 0.417 e. The van der Waals surface area contributed by atoms with Gasteiger partial charge in [0, 0.05) is 23.7 Å². The smallest absolute Gasteiger partial charge is 0.380 e. The molecule has 4 rings (SSSR count). The van der Waals surface area contributed by atoms with E-state index >= 15 is 0 Å². The van der Waals surface area contributed by atoms with Crippen molar-refractivity contribution in [3.05, 3.63) is 90.4 Å². The molecule has 166 valence electrons. The molecule has 2 aromatic heterocycles. The van der Waals surface area contributed by atoms with Crippen LogP contribution in [0.2, 0.25) is 0 Å². The van der Waals surface area contributed by atoms with Gasteiger partial charge in [-0.15, -0.1) is 0 Å². The summed E-state index contributed by atoms with van der Waals surface area (Å²) in [6, 6.07) is 20.5. The van der Waals surface area contributed by atoms with Crippen molar-refractivity contribution >= 4 is 10.9 Å². The van der Waals surface area contributed by atoms with Crippen LogP contribution in [0.5, 0.6) is 0 Å². The Labute approximate surface area is 185 Å². The molecule has 4 aromatic rings. The molecular weight excluding hydrogens is 413 g/mol. The molecule has 32 heavy (non-hydrogen) atoms. The fourth-order valence-electron chi connectivity index (χ4n) is 4.29. The van der Waals surface area contributed by atoms with E-state index in [0.29, 0.717) is 11.2 Å². The Morgan fingerprint density at radius 3 is 2.31 bits per heavy atom. The number of halogens is 3. The van der Waals surface area contributed by atoms with Gasteiger partial charge in [0.1, 0.15) is 0 Å². The number of fused-ring (bicyclic) bond motifs is 1. The fourth-order valence-corrected chi connectivity index (χ4v) is 4.29. The summed E-state index contributed by atoms with van der Waals surface area (Å²) < 4.78 is 42.5. The zero-order valence-corrected chi connectivity index (χ0v) is 17.9. The van der Waals surface area contributed by atoms with Crippen molar-refractivity contribution < 1.29 is 18.3 Å². The van der Waals surface area contributed by atoms with Crippen LogP contribution in [0.4, 0.5) is 13.2 Å². The van der Waals surface area contributed by atoms with Crippen LogP contribution in [-0.2, 0) is 11.8 Å². The molecule has 2 heterocycles. The Hall–Kier alpha value is -3.12. The second-order valence-electron chi connectivity index (χ2n) is 8.97. The number of H-pyrrole nitrogens is 1. The molecule has 0 amide bonds. The normalized spacial score (nSPS) is 14.4. The Balaban J connectivity index is 1.66. The van der Waals surface area contributed by atoms with Crippen molar-refractivity contribution in [2.75, 3.05) is 0 Å². The van der Waals surface area contributed by atoms with Gasteiger partial charge < -0.3 is 10.1 Å². The number of hydrogen-bond acceptors (Lipinski definition) is 2. The van der Waals surface area contributed by atoms with Crippen LogP contribution < -0.4 is 0 Å². The third-order valence-corrected chi connectivity index (χ3v) is 5.98. The first-order chi connectivity index (χ1) is 15.1. The second-order valence-corrected chi connectivity index (χ2v) is 8.97. The lowest BCUT2D eigenvalue weighted by Gasteiger charge is -2.38. The predicted octanol–water partition coefficient (Wildman–Crippen LogP) is 6.43. The molecule has 1 unspecified atom stereocenters. The number of rotatable bonds is 6. The monoisotopic (exact) mass is 438 g/mol. The van der Waals surface area contributed by atoms with Crippen LogP contribution in [0.15, 0.2) is 79.1 Å². The maximum atomic E-state index is 14.2. The highest BCUT2D eigenvalue weighted by molar-refractivity contribution is 5.79. The summed E-state index contributed by atoms with van der Waals surface area (Å²) in [5, 5.41) is 11.7. The summed E-state index contributed by atoms with van der Waals surface area (Å²) in [6.45, 7) is 3.48. The summed E-state index contributed by atoms with van der Waals surface area (Å²) in [5.74, 6) is 0. The van der Waals surface area contributed by atoms with Gasteiger partial charge in [-0.2, -0.15) is 13.2 Å². The third kappa shape index (κ3) is 4.41. The van der Waals surface area contributed by atoms with Gasteiger partial charge in [-0.1, -0.05) is 68.4 Å². The highest BCUT2D eigenvalue weighted by Gasteiger charge is 2.56. The van der Waals surface area contributed by atoms with E-state index in [2.05, 4.69) is 9.97 Å². The zero-order valence-electron chi connectivity index (χ0n) is 17.9. The number of hydrogen-bond donors (Lipinski definition) is 2. The van der Waals surface area contributed by atoms with E-state index in [1.54, 1.807) is 38.4 Å². The summed E-state index contributed by atoms with van der Waals surface area (Å²) in [6.07, 6.45) is -2.69. The molecular formula is C26H25F3N2O. The highest BCUT2D eigenvalue weighted by atomic mass is 19.4. The lowest BCUT2D eigenvalue weighted by molar-refractivity contribution is -0.266. The molecule has 0 aliphatic rings. The van der Waals surface area contributed by atoms with Crippen LogP contribution in [0.25, 0.3) is 22.0 Å². The van der Waals surface area contributed by atoms with Crippen molar-refractivity contribution in [3.8, 4) is 11.1 Å². The van der Waals surface area contributed by atoms with Crippen molar-refractivity contribution in [2.24, 2.45) is 0 Å². The average molecular weight is 438 g/mol. The molecule has 0 spiro atoms. The Morgan fingerprint density at radius 2 is 1.62 bits per heavy atom. The molecule has 0 fully saturated rings. The fraction of sp³-hybridized carbons (Fsp3) is 0.269. The van der Waals surface area contributed by atoms with Gasteiger partial charge in [-0.05, 0) is 40.7 Å². The minimum atomic E-state index is -4.79. The van der Waals surface area contributed by atoms with Crippen LogP contribution in [0.3, 0.4) is 0 Å². The number of pyridine rings is 1. The predicted molar refractivity (Wildman–Crippen MR) is 120 cm³/mol. The minimum Gasteiger partial charge on any atom is -0.380 e. The highest BCUT2D eigenvalue weighted by Crippen LogP contribution is 2.43. The molecule has 0 saturated carbocycles. The van der Waals surface area contributed by atoms with E-state index in [9.17, 15) is 18.3 Å². The molecule has 3 nitrogen and oxygen atoms in total. The molecule has 0 radical (unpaired) electrons. The third-order valence-electron chi connectivity index (χ3n) is 5.98. The Morgan fingerprint density at radius 1 is 0.906 bits per heavy atom. The van der Waals surface area contributed by atoms with Gasteiger partial charge in [0.2, 0.25) is 0 Å². The van der Waals surface area contributed by atoms with E-state index in [4.69, 9.17) is 0 Å². The standard InChI is InChI=1S/C26H25F3N2O/c1-24(2,21-10-6-9-19(13-21)18-7-4-3-5-8-18)17-25(32,26(27,28)29)15-22-14-20-11-12-30-16-23(20)31-22/h3-14,16,31-32H,15,17H2,1-2H3. The summed E-state index contributed by atoms with van der Waals surface area (Å²) >= 11 is 0. The van der Waals surface area contributed by atoms with Gasteiger partial charge >= 0.3 is 6.18 Å². The summed E-state index contributed by atoms with van der Waals surface area (Å²) in [5.41, 5.74) is -0.209. The van der Waals surface area contributed by atoms with Crippen LogP contribution in [0.1, 0.15) is 31.5 Å². The molecule has 0 aliphatic heterocycles. The minimum absolute atomic E-state index is 0.321. The first-order valence-corrected chi connectivity index (χ1v) is 10.4. The number of aromatic amines is 1. The van der Waals surface area contributed by atoms with E-state index in [0.717, 1.165) is 22.1 Å². The van der Waals surface area contributed by atoms with Gasteiger partial charge in [-0.25, -0.2) is 0 Å². The molecule has 0 aliphatic carbocycles. The van der Waals surface area contributed by atoms with E-state index < -0.39 is 30.0 Å². The maximum absolute atomic E-state index is 14.2. The number of benzene rings is 2. The molecule has 0 bridgehead atoms. The lowest BCUT2D eigenvalue weighted by Crippen LogP contribution is -2.50. The molecule has 2 N–H and O–H groups in total. The lowest BCUT2D eigenvalue weighted by atomic mass is 9.73. The number of nitrogens with one attached hydrogen (secondary N) is 1. The molecule has 1 atom stereocenters. The van der Waals surface area contributed by atoms with Gasteiger partial charge in [-0.3, -0.25) is 4.98 Å². The van der Waals surface area contributed by atoms with Gasteiger partial charge in [0.15, 0.2) is 5.60 Å². The maximum Gasteiger partial charge on any atom is 0.417 e. The second kappa shape index (κ2) is 8.10. The van der Waals surface area contributed by atoms with Crippen LogP contribution in [-0.4, -0.2) is 26.9 Å². The summed E-state index contributed by atoms with van der Waals surface area (Å²) in [7, 11) is 0. The average Bonchev–Trinajstić information content (AvgIpc) is 3.15. The van der Waals surface area contributed by atoms with Crippen LogP contribution in [0, 0.1) is 0 Å². The topological polar surface area (TPSA) is 48.9 Å². The van der Waals surface area contributed by atoms with E-state index in [-0.39, 0.29) is 0 Å². The first kappa shape index (κ1) is 22.1. The molecule has 6 heteroatoms. The number of nitrogens with zero attached hydrogens (tertiary/aromatic N) is 1. The SMILES string of the molecule is CC(C)(CC(O)(Cc1cc2ccncc2[nH]1)C(F)(F)F)c1cccc(-c2ccccc2)c1. The van der Waals surface area contributed by atoms with Gasteiger partial charge in [0.25, 0.3) is 0 Å². The van der Waals surface area contributed by atoms with Crippen molar-refractivity contribution in [1.82, 2.24) is 9.97 Å². The Bertz CT molecular complexity index is 1180. The van der Waals surface area contributed by atoms with Crippen molar-refractivity contribution in [2.45, 2.75) is 43.9 Å². The quantitative estimate of drug-likeness (QED) is 0.364.